The molecule has 0 saturated carbocycles. The molecule has 0 aliphatic carbocycles. The summed E-state index contributed by atoms with van der Waals surface area (Å²) < 4.78 is 1.30. The molecule has 1 fully saturated rings. The molecule has 2 nitrogen and oxygen atoms in total. The average molecular weight is 279 g/mol. The van der Waals surface area contributed by atoms with Crippen LogP contribution in [0.1, 0.15) is 40.1 Å². The number of carbonyl (C=O) groups excluding carboxylic acids is 1. The van der Waals surface area contributed by atoms with Crippen molar-refractivity contribution in [1.29, 1.82) is 0 Å². The van der Waals surface area contributed by atoms with Crippen LogP contribution < -0.4 is 0 Å². The minimum absolute atomic E-state index is 0.250. The van der Waals surface area contributed by atoms with Crippen LogP contribution in [0.5, 0.6) is 0 Å². The Balaban J connectivity index is 1.98. The fourth-order valence-corrected chi connectivity index (χ4v) is 5.17. The first-order chi connectivity index (χ1) is 8.68. The molecule has 0 aromatic carbocycles. The number of nitrogens with zero attached hydrogens (tertiary/aromatic N) is 1. The van der Waals surface area contributed by atoms with E-state index in [1.807, 2.05) is 4.90 Å². The summed E-state index contributed by atoms with van der Waals surface area (Å²) in [5.41, 5.74) is 2.49. The van der Waals surface area contributed by atoms with Crippen LogP contribution in [0.4, 0.5) is 0 Å². The monoisotopic (exact) mass is 279 g/mol. The van der Waals surface area contributed by atoms with E-state index in [0.717, 1.165) is 30.8 Å². The number of aryl methyl sites for hydroxylation is 2. The molecule has 96 valence electrons. The van der Waals surface area contributed by atoms with Crippen LogP contribution in [0.25, 0.3) is 9.40 Å². The summed E-state index contributed by atoms with van der Waals surface area (Å²) in [7, 11) is 0. The highest BCUT2D eigenvalue weighted by Gasteiger charge is 2.23. The van der Waals surface area contributed by atoms with E-state index >= 15 is 0 Å². The van der Waals surface area contributed by atoms with Gasteiger partial charge in [0.05, 0.1) is 8.89 Å². The van der Waals surface area contributed by atoms with Gasteiger partial charge in [0.25, 0.3) is 5.91 Å². The minimum atomic E-state index is 0.250. The van der Waals surface area contributed by atoms with E-state index in [1.54, 1.807) is 22.7 Å². The third kappa shape index (κ3) is 1.88. The summed E-state index contributed by atoms with van der Waals surface area (Å²) in [6.45, 7) is 6.09. The predicted octanol–water partition coefficient (Wildman–Crippen LogP) is 4.21. The van der Waals surface area contributed by atoms with Crippen molar-refractivity contribution in [2.75, 3.05) is 13.1 Å². The summed E-state index contributed by atoms with van der Waals surface area (Å²) in [4.78, 5) is 15.5. The Hall–Kier alpha value is -0.870. The second kappa shape index (κ2) is 4.67. The molecule has 0 spiro atoms. The van der Waals surface area contributed by atoms with Crippen LogP contribution in [-0.2, 0) is 0 Å². The lowest BCUT2D eigenvalue weighted by Gasteiger charge is -2.26. The number of amides is 1. The lowest BCUT2D eigenvalue weighted by Crippen LogP contribution is -2.35. The zero-order valence-corrected chi connectivity index (χ0v) is 12.4. The van der Waals surface area contributed by atoms with Crippen molar-refractivity contribution in [3.8, 4) is 0 Å². The van der Waals surface area contributed by atoms with E-state index in [4.69, 9.17) is 0 Å². The van der Waals surface area contributed by atoms with Crippen LogP contribution >= 0.6 is 22.7 Å². The second-order valence-corrected chi connectivity index (χ2v) is 7.15. The molecule has 1 aliphatic rings. The molecule has 0 unspecified atom stereocenters. The molecule has 2 aromatic rings. The molecule has 3 heterocycles. The first-order valence-corrected chi connectivity index (χ1v) is 8.14. The fourth-order valence-electron chi connectivity index (χ4n) is 2.67. The van der Waals surface area contributed by atoms with Gasteiger partial charge < -0.3 is 4.90 Å². The SMILES string of the molecule is Cc1csc2sc(C(=O)N3CCCCC3)c(C)c12. The Labute approximate surface area is 115 Å². The van der Waals surface area contributed by atoms with E-state index in [2.05, 4.69) is 19.2 Å². The smallest absolute Gasteiger partial charge is 0.264 e. The number of hydrogen-bond acceptors (Lipinski definition) is 3. The lowest BCUT2D eigenvalue weighted by atomic mass is 10.1. The molecule has 0 N–H and O–H groups in total. The van der Waals surface area contributed by atoms with Crippen molar-refractivity contribution in [3.05, 3.63) is 21.4 Å². The van der Waals surface area contributed by atoms with Gasteiger partial charge in [0, 0.05) is 18.5 Å². The molecule has 18 heavy (non-hydrogen) atoms. The highest BCUT2D eigenvalue weighted by atomic mass is 32.2. The van der Waals surface area contributed by atoms with Gasteiger partial charge in [0.1, 0.15) is 0 Å². The average Bonchev–Trinajstić information content (AvgIpc) is 2.92. The summed E-state index contributed by atoms with van der Waals surface area (Å²) in [5, 5.41) is 3.49. The maximum absolute atomic E-state index is 12.5. The van der Waals surface area contributed by atoms with Gasteiger partial charge in [-0.3, -0.25) is 4.79 Å². The van der Waals surface area contributed by atoms with E-state index in [1.165, 1.54) is 26.9 Å². The Morgan fingerprint density at radius 1 is 1.22 bits per heavy atom. The Morgan fingerprint density at radius 2 is 1.94 bits per heavy atom. The van der Waals surface area contributed by atoms with Gasteiger partial charge in [-0.2, -0.15) is 0 Å². The fraction of sp³-hybridized carbons (Fsp3) is 0.500. The van der Waals surface area contributed by atoms with Gasteiger partial charge in [0.15, 0.2) is 0 Å². The molecule has 2 aromatic heterocycles. The maximum atomic E-state index is 12.5. The van der Waals surface area contributed by atoms with Gasteiger partial charge in [-0.1, -0.05) is 0 Å². The number of thiophene rings is 2. The van der Waals surface area contributed by atoms with E-state index in [9.17, 15) is 4.79 Å². The molecule has 1 saturated heterocycles. The summed E-state index contributed by atoms with van der Waals surface area (Å²) in [6, 6.07) is 0. The highest BCUT2D eigenvalue weighted by molar-refractivity contribution is 7.38. The topological polar surface area (TPSA) is 20.3 Å². The molecular formula is C14H17NOS2. The van der Waals surface area contributed by atoms with Crippen LogP contribution in [0.15, 0.2) is 5.38 Å². The van der Waals surface area contributed by atoms with Gasteiger partial charge >= 0.3 is 0 Å². The number of likely N-dealkylation sites (tertiary alicyclic amines) is 1. The quantitative estimate of drug-likeness (QED) is 0.766. The van der Waals surface area contributed by atoms with Crippen molar-refractivity contribution in [2.24, 2.45) is 0 Å². The zero-order valence-electron chi connectivity index (χ0n) is 10.8. The van der Waals surface area contributed by atoms with E-state index in [0.29, 0.717) is 0 Å². The van der Waals surface area contributed by atoms with Gasteiger partial charge in [-0.05, 0) is 49.6 Å². The van der Waals surface area contributed by atoms with Crippen molar-refractivity contribution in [3.63, 3.8) is 0 Å². The predicted molar refractivity (Wildman–Crippen MR) is 78.9 cm³/mol. The minimum Gasteiger partial charge on any atom is -0.338 e. The Bertz CT molecular complexity index is 590. The first kappa shape index (κ1) is 12.2. The third-order valence-electron chi connectivity index (χ3n) is 3.69. The molecule has 0 atom stereocenters. The molecular weight excluding hydrogens is 262 g/mol. The summed E-state index contributed by atoms with van der Waals surface area (Å²) in [6.07, 6.45) is 3.58. The maximum Gasteiger partial charge on any atom is 0.264 e. The number of hydrogen-bond donors (Lipinski definition) is 0. The Kier molecular flexibility index (Phi) is 3.16. The standard InChI is InChI=1S/C14H17NOS2/c1-9-8-17-14-11(9)10(2)12(18-14)13(16)15-6-4-3-5-7-15/h8H,3-7H2,1-2H3. The van der Waals surface area contributed by atoms with Crippen molar-refractivity contribution in [1.82, 2.24) is 4.90 Å². The summed E-state index contributed by atoms with van der Waals surface area (Å²) in [5.74, 6) is 0.250. The van der Waals surface area contributed by atoms with Crippen LogP contribution in [0, 0.1) is 13.8 Å². The lowest BCUT2D eigenvalue weighted by molar-refractivity contribution is 0.0728. The molecule has 1 amide bonds. The van der Waals surface area contributed by atoms with Gasteiger partial charge in [-0.25, -0.2) is 0 Å². The molecule has 1 aliphatic heterocycles. The molecule has 0 bridgehead atoms. The third-order valence-corrected chi connectivity index (χ3v) is 6.19. The number of rotatable bonds is 1. The second-order valence-electron chi connectivity index (χ2n) is 4.99. The van der Waals surface area contributed by atoms with Crippen molar-refractivity contribution >= 4 is 38.0 Å². The Morgan fingerprint density at radius 3 is 2.61 bits per heavy atom. The van der Waals surface area contributed by atoms with Crippen molar-refractivity contribution in [2.45, 2.75) is 33.1 Å². The van der Waals surface area contributed by atoms with Crippen LogP contribution in [0.3, 0.4) is 0 Å². The number of fused-ring (bicyclic) bond motifs is 1. The van der Waals surface area contributed by atoms with E-state index < -0.39 is 0 Å². The van der Waals surface area contributed by atoms with Crippen molar-refractivity contribution < 1.29 is 4.79 Å². The highest BCUT2D eigenvalue weighted by Crippen LogP contribution is 2.38. The molecule has 4 heteroatoms. The molecule has 0 radical (unpaired) electrons. The van der Waals surface area contributed by atoms with Crippen LogP contribution in [-0.4, -0.2) is 23.9 Å². The number of piperidine rings is 1. The van der Waals surface area contributed by atoms with Crippen LogP contribution in [0.2, 0.25) is 0 Å². The first-order valence-electron chi connectivity index (χ1n) is 6.45. The zero-order chi connectivity index (χ0) is 12.7. The number of carbonyl (C=O) groups is 1. The molecule has 3 rings (SSSR count). The van der Waals surface area contributed by atoms with E-state index in [-0.39, 0.29) is 5.91 Å². The summed E-state index contributed by atoms with van der Waals surface area (Å²) >= 11 is 3.43. The van der Waals surface area contributed by atoms with Gasteiger partial charge in [-0.15, -0.1) is 22.7 Å². The normalized spacial score (nSPS) is 16.4. The van der Waals surface area contributed by atoms with Gasteiger partial charge in [0.2, 0.25) is 0 Å². The largest absolute Gasteiger partial charge is 0.338 e.